The van der Waals surface area contributed by atoms with Gasteiger partial charge in [0.05, 0.1) is 24.0 Å². The van der Waals surface area contributed by atoms with Gasteiger partial charge in [0.2, 0.25) is 0 Å². The lowest BCUT2D eigenvalue weighted by Gasteiger charge is -2.09. The van der Waals surface area contributed by atoms with Crippen LogP contribution in [0, 0.1) is 6.92 Å². The molecule has 0 aliphatic rings. The zero-order chi connectivity index (χ0) is 17.7. The molecule has 0 fully saturated rings. The van der Waals surface area contributed by atoms with E-state index in [4.69, 9.17) is 5.73 Å². The van der Waals surface area contributed by atoms with Crippen LogP contribution in [0.25, 0.3) is 0 Å². The molecular formula is C17H17N3O4. The lowest BCUT2D eigenvalue weighted by atomic mass is 10.2. The average Bonchev–Trinajstić information content (AvgIpc) is 2.58. The largest absolute Gasteiger partial charge is 0.465 e. The van der Waals surface area contributed by atoms with Gasteiger partial charge in [-0.25, -0.2) is 4.79 Å². The number of aryl methyl sites for hydroxylation is 1. The first-order valence-electron chi connectivity index (χ1n) is 7.07. The van der Waals surface area contributed by atoms with Crippen LogP contribution in [-0.4, -0.2) is 24.9 Å². The molecule has 0 radical (unpaired) electrons. The highest BCUT2D eigenvalue weighted by Gasteiger charge is 2.15. The number of carbonyl (C=O) groups excluding carboxylic acids is 3. The van der Waals surface area contributed by atoms with E-state index in [-0.39, 0.29) is 0 Å². The summed E-state index contributed by atoms with van der Waals surface area (Å²) in [5.41, 5.74) is 8.11. The number of nitrogen functional groups attached to an aromatic ring is 1. The maximum atomic E-state index is 11.9. The number of nitrogens with two attached hydrogens (primary N) is 1. The fourth-order valence-corrected chi connectivity index (χ4v) is 1.95. The Bertz CT molecular complexity index is 785. The fraction of sp³-hybridized carbons (Fsp3) is 0.118. The first-order chi connectivity index (χ1) is 11.4. The van der Waals surface area contributed by atoms with Crippen LogP contribution in [0.2, 0.25) is 0 Å². The van der Waals surface area contributed by atoms with Crippen molar-refractivity contribution in [1.82, 2.24) is 0 Å². The van der Waals surface area contributed by atoms with Crippen LogP contribution in [0.15, 0.2) is 42.5 Å². The summed E-state index contributed by atoms with van der Waals surface area (Å²) in [6.07, 6.45) is 0. The molecular weight excluding hydrogens is 310 g/mol. The van der Waals surface area contributed by atoms with E-state index < -0.39 is 17.8 Å². The Morgan fingerprint density at radius 2 is 1.58 bits per heavy atom. The second-order valence-corrected chi connectivity index (χ2v) is 5.07. The molecule has 7 nitrogen and oxygen atoms in total. The van der Waals surface area contributed by atoms with Crippen molar-refractivity contribution < 1.29 is 19.1 Å². The molecule has 2 aromatic rings. The summed E-state index contributed by atoms with van der Waals surface area (Å²) < 4.78 is 4.58. The summed E-state index contributed by atoms with van der Waals surface area (Å²) in [5, 5.41) is 4.90. The molecule has 24 heavy (non-hydrogen) atoms. The van der Waals surface area contributed by atoms with Gasteiger partial charge in [0.1, 0.15) is 0 Å². The van der Waals surface area contributed by atoms with E-state index in [1.54, 1.807) is 18.2 Å². The van der Waals surface area contributed by atoms with Crippen molar-refractivity contribution in [2.75, 3.05) is 23.5 Å². The number of esters is 1. The van der Waals surface area contributed by atoms with Crippen LogP contribution in [0.1, 0.15) is 15.9 Å². The minimum Gasteiger partial charge on any atom is -0.465 e. The smallest absolute Gasteiger partial charge is 0.337 e. The number of amides is 2. The van der Waals surface area contributed by atoms with Crippen molar-refractivity contribution in [3.8, 4) is 0 Å². The molecule has 0 spiro atoms. The number of methoxy groups -OCH3 is 1. The summed E-state index contributed by atoms with van der Waals surface area (Å²) in [5.74, 6) is -2.17. The molecule has 2 amide bonds. The van der Waals surface area contributed by atoms with Crippen molar-refractivity contribution >= 4 is 34.8 Å². The van der Waals surface area contributed by atoms with E-state index in [0.29, 0.717) is 22.6 Å². The molecule has 7 heteroatoms. The summed E-state index contributed by atoms with van der Waals surface area (Å²) in [6, 6.07) is 11.1. The summed E-state index contributed by atoms with van der Waals surface area (Å²) >= 11 is 0. The van der Waals surface area contributed by atoms with Gasteiger partial charge in [-0.3, -0.25) is 9.59 Å². The topological polar surface area (TPSA) is 111 Å². The lowest BCUT2D eigenvalue weighted by Crippen LogP contribution is -2.29. The van der Waals surface area contributed by atoms with Gasteiger partial charge in [-0.2, -0.15) is 0 Å². The van der Waals surface area contributed by atoms with E-state index >= 15 is 0 Å². The van der Waals surface area contributed by atoms with Crippen molar-refractivity contribution in [2.45, 2.75) is 6.92 Å². The van der Waals surface area contributed by atoms with Crippen LogP contribution in [0.3, 0.4) is 0 Å². The number of benzene rings is 2. The molecule has 2 aromatic carbocycles. The second-order valence-electron chi connectivity index (χ2n) is 5.07. The van der Waals surface area contributed by atoms with Gasteiger partial charge < -0.3 is 21.1 Å². The third kappa shape index (κ3) is 4.10. The fourth-order valence-electron chi connectivity index (χ4n) is 1.95. The van der Waals surface area contributed by atoms with Gasteiger partial charge in [-0.15, -0.1) is 0 Å². The summed E-state index contributed by atoms with van der Waals surface area (Å²) in [4.78, 5) is 35.2. The number of anilines is 3. The number of ether oxygens (including phenoxy) is 1. The van der Waals surface area contributed by atoms with Gasteiger partial charge in [0.25, 0.3) is 0 Å². The quantitative estimate of drug-likeness (QED) is 0.453. The molecule has 124 valence electrons. The molecule has 4 N–H and O–H groups in total. The minimum atomic E-state index is -0.846. The Labute approximate surface area is 138 Å². The standard InChI is InChI=1S/C17H17N3O4/c1-10-3-8-13(18)14(9-10)20-16(22)15(21)19-12-6-4-11(5-7-12)17(23)24-2/h3-9H,18H2,1-2H3,(H,19,21)(H,20,22). The molecule has 0 heterocycles. The molecule has 0 aliphatic carbocycles. The highest BCUT2D eigenvalue weighted by atomic mass is 16.5. The molecule has 0 unspecified atom stereocenters. The van der Waals surface area contributed by atoms with E-state index in [9.17, 15) is 14.4 Å². The van der Waals surface area contributed by atoms with E-state index in [0.717, 1.165) is 5.56 Å². The third-order valence-electron chi connectivity index (χ3n) is 3.23. The van der Waals surface area contributed by atoms with Gasteiger partial charge >= 0.3 is 17.8 Å². The van der Waals surface area contributed by atoms with Crippen LogP contribution in [-0.2, 0) is 14.3 Å². The maximum Gasteiger partial charge on any atom is 0.337 e. The number of hydrogen-bond acceptors (Lipinski definition) is 5. The highest BCUT2D eigenvalue weighted by molar-refractivity contribution is 6.43. The van der Waals surface area contributed by atoms with E-state index in [2.05, 4.69) is 15.4 Å². The normalized spacial score (nSPS) is 9.92. The predicted molar refractivity (Wildman–Crippen MR) is 90.6 cm³/mol. The van der Waals surface area contributed by atoms with Crippen LogP contribution < -0.4 is 16.4 Å². The van der Waals surface area contributed by atoms with Crippen molar-refractivity contribution in [1.29, 1.82) is 0 Å². The van der Waals surface area contributed by atoms with Gasteiger partial charge in [0.15, 0.2) is 0 Å². The molecule has 0 saturated heterocycles. The average molecular weight is 327 g/mol. The third-order valence-corrected chi connectivity index (χ3v) is 3.23. The number of rotatable bonds is 3. The Kier molecular flexibility index (Phi) is 5.16. The van der Waals surface area contributed by atoms with E-state index in [1.165, 1.54) is 31.4 Å². The van der Waals surface area contributed by atoms with Crippen LogP contribution >= 0.6 is 0 Å². The molecule has 0 saturated carbocycles. The molecule has 0 aliphatic heterocycles. The molecule has 0 atom stereocenters. The Morgan fingerprint density at radius 1 is 0.958 bits per heavy atom. The van der Waals surface area contributed by atoms with Crippen LogP contribution in [0.4, 0.5) is 17.1 Å². The Hall–Kier alpha value is -3.35. The minimum absolute atomic E-state index is 0.340. The van der Waals surface area contributed by atoms with Crippen molar-refractivity contribution in [3.05, 3.63) is 53.6 Å². The summed E-state index contributed by atoms with van der Waals surface area (Å²) in [7, 11) is 1.28. The van der Waals surface area contributed by atoms with E-state index in [1.807, 2.05) is 6.92 Å². The van der Waals surface area contributed by atoms with Crippen molar-refractivity contribution in [3.63, 3.8) is 0 Å². The maximum absolute atomic E-state index is 11.9. The molecule has 0 aromatic heterocycles. The van der Waals surface area contributed by atoms with Crippen LogP contribution in [0.5, 0.6) is 0 Å². The molecule has 0 bridgehead atoms. The van der Waals surface area contributed by atoms with Gasteiger partial charge in [0, 0.05) is 5.69 Å². The number of carbonyl (C=O) groups is 3. The van der Waals surface area contributed by atoms with Crippen molar-refractivity contribution in [2.24, 2.45) is 0 Å². The summed E-state index contributed by atoms with van der Waals surface area (Å²) in [6.45, 7) is 1.85. The zero-order valence-corrected chi connectivity index (χ0v) is 13.3. The zero-order valence-electron chi connectivity index (χ0n) is 13.3. The number of hydrogen-bond donors (Lipinski definition) is 3. The SMILES string of the molecule is COC(=O)c1ccc(NC(=O)C(=O)Nc2cc(C)ccc2N)cc1. The second kappa shape index (κ2) is 7.28. The first-order valence-corrected chi connectivity index (χ1v) is 7.07. The predicted octanol–water partition coefficient (Wildman–Crippen LogP) is 1.94. The lowest BCUT2D eigenvalue weighted by molar-refractivity contribution is -0.132. The number of nitrogens with one attached hydrogen (secondary N) is 2. The molecule has 2 rings (SSSR count). The van der Waals surface area contributed by atoms with Gasteiger partial charge in [-0.05, 0) is 48.9 Å². The monoisotopic (exact) mass is 327 g/mol. The highest BCUT2D eigenvalue weighted by Crippen LogP contribution is 2.19. The first kappa shape index (κ1) is 17.0. The Morgan fingerprint density at radius 3 is 2.21 bits per heavy atom. The van der Waals surface area contributed by atoms with Gasteiger partial charge in [-0.1, -0.05) is 6.07 Å². The Balaban J connectivity index is 2.02.